The molecule has 0 aromatic heterocycles. The van der Waals surface area contributed by atoms with Crippen LogP contribution in [0.15, 0.2) is 53.4 Å². The Morgan fingerprint density at radius 1 is 0.950 bits per heavy atom. The second kappa shape index (κ2) is 7.51. The van der Waals surface area contributed by atoms with Gasteiger partial charge in [-0.1, -0.05) is 42.5 Å². The van der Waals surface area contributed by atoms with Crippen LogP contribution in [-0.4, -0.2) is 18.8 Å². The Balaban J connectivity index is 1.96. The maximum atomic E-state index is 3.45. The summed E-state index contributed by atoms with van der Waals surface area (Å²) in [5, 5.41) is 3.45. The van der Waals surface area contributed by atoms with Crippen LogP contribution in [0.25, 0.3) is 0 Å². The molecule has 0 aliphatic rings. The molecule has 20 heavy (non-hydrogen) atoms. The van der Waals surface area contributed by atoms with Gasteiger partial charge in [-0.25, -0.2) is 0 Å². The molecule has 0 radical (unpaired) electrons. The van der Waals surface area contributed by atoms with E-state index in [1.165, 1.54) is 21.6 Å². The number of likely N-dealkylation sites (N-methyl/N-ethyl adjacent to an activating group) is 1. The monoisotopic (exact) mass is 285 g/mol. The van der Waals surface area contributed by atoms with Crippen LogP contribution in [0.4, 0.5) is 0 Å². The highest BCUT2D eigenvalue weighted by Crippen LogP contribution is 2.23. The molecular formula is C18H23NS. The van der Waals surface area contributed by atoms with Gasteiger partial charge in [0.1, 0.15) is 0 Å². The van der Waals surface area contributed by atoms with Gasteiger partial charge in [0, 0.05) is 16.7 Å². The third-order valence-electron chi connectivity index (χ3n) is 3.67. The van der Waals surface area contributed by atoms with Crippen molar-refractivity contribution in [1.82, 2.24) is 5.32 Å². The van der Waals surface area contributed by atoms with Crippen LogP contribution in [0, 0.1) is 13.8 Å². The predicted molar refractivity (Wildman–Crippen MR) is 89.6 cm³/mol. The lowest BCUT2D eigenvalue weighted by Gasteiger charge is -2.17. The minimum absolute atomic E-state index is 0.501. The molecule has 1 nitrogen and oxygen atoms in total. The number of benzene rings is 2. The van der Waals surface area contributed by atoms with E-state index in [0.29, 0.717) is 6.04 Å². The molecular weight excluding hydrogens is 262 g/mol. The zero-order valence-electron chi connectivity index (χ0n) is 12.5. The van der Waals surface area contributed by atoms with Gasteiger partial charge in [0.25, 0.3) is 0 Å². The van der Waals surface area contributed by atoms with Crippen molar-refractivity contribution in [2.45, 2.75) is 31.2 Å². The summed E-state index contributed by atoms with van der Waals surface area (Å²) in [5.41, 5.74) is 4.19. The standard InChI is InChI=1S/C18H23NS/c1-14-8-4-6-10-16(14)12-17(19-3)13-20-18-11-7-5-9-15(18)2/h4-11,17,19H,12-13H2,1-3H3. The molecule has 2 heteroatoms. The van der Waals surface area contributed by atoms with Crippen LogP contribution < -0.4 is 5.32 Å². The zero-order chi connectivity index (χ0) is 14.4. The number of rotatable bonds is 6. The number of thioether (sulfide) groups is 1. The van der Waals surface area contributed by atoms with Crippen molar-refractivity contribution in [3.05, 3.63) is 65.2 Å². The number of nitrogens with one attached hydrogen (secondary N) is 1. The Kier molecular flexibility index (Phi) is 5.69. The van der Waals surface area contributed by atoms with Crippen LogP contribution in [0.5, 0.6) is 0 Å². The first-order chi connectivity index (χ1) is 9.70. The van der Waals surface area contributed by atoms with E-state index in [9.17, 15) is 0 Å². The van der Waals surface area contributed by atoms with Gasteiger partial charge >= 0.3 is 0 Å². The van der Waals surface area contributed by atoms with Crippen molar-refractivity contribution in [2.75, 3.05) is 12.8 Å². The number of hydrogen-bond acceptors (Lipinski definition) is 2. The van der Waals surface area contributed by atoms with Gasteiger partial charge in [-0.2, -0.15) is 0 Å². The van der Waals surface area contributed by atoms with E-state index in [-0.39, 0.29) is 0 Å². The van der Waals surface area contributed by atoms with Crippen LogP contribution in [0.2, 0.25) is 0 Å². The van der Waals surface area contributed by atoms with E-state index >= 15 is 0 Å². The lowest BCUT2D eigenvalue weighted by Crippen LogP contribution is -2.30. The average Bonchev–Trinajstić information content (AvgIpc) is 2.47. The van der Waals surface area contributed by atoms with E-state index < -0.39 is 0 Å². The fourth-order valence-corrected chi connectivity index (χ4v) is 3.39. The topological polar surface area (TPSA) is 12.0 Å². The minimum Gasteiger partial charge on any atom is -0.316 e. The van der Waals surface area contributed by atoms with E-state index in [1.807, 2.05) is 11.8 Å². The van der Waals surface area contributed by atoms with Crippen LogP contribution in [0.1, 0.15) is 16.7 Å². The van der Waals surface area contributed by atoms with Gasteiger partial charge in [0.2, 0.25) is 0 Å². The summed E-state index contributed by atoms with van der Waals surface area (Å²) in [6.07, 6.45) is 1.09. The molecule has 0 saturated carbocycles. The van der Waals surface area contributed by atoms with E-state index in [0.717, 1.165) is 12.2 Å². The Morgan fingerprint density at radius 2 is 1.60 bits per heavy atom. The maximum absolute atomic E-state index is 3.45. The smallest absolute Gasteiger partial charge is 0.0199 e. The Morgan fingerprint density at radius 3 is 2.25 bits per heavy atom. The van der Waals surface area contributed by atoms with Gasteiger partial charge in [-0.05, 0) is 50.1 Å². The summed E-state index contributed by atoms with van der Waals surface area (Å²) in [7, 11) is 2.06. The second-order valence-corrected chi connectivity index (χ2v) is 6.25. The van der Waals surface area contributed by atoms with Crippen LogP contribution in [-0.2, 0) is 6.42 Å². The molecule has 0 amide bonds. The molecule has 0 bridgehead atoms. The molecule has 0 aliphatic heterocycles. The first kappa shape index (κ1) is 15.1. The zero-order valence-corrected chi connectivity index (χ0v) is 13.3. The van der Waals surface area contributed by atoms with Crippen molar-refractivity contribution in [3.8, 4) is 0 Å². The van der Waals surface area contributed by atoms with Crippen LogP contribution in [0.3, 0.4) is 0 Å². The van der Waals surface area contributed by atoms with E-state index in [2.05, 4.69) is 74.7 Å². The molecule has 0 heterocycles. The van der Waals surface area contributed by atoms with Crippen molar-refractivity contribution < 1.29 is 0 Å². The molecule has 1 unspecified atom stereocenters. The van der Waals surface area contributed by atoms with Gasteiger partial charge in [-0.15, -0.1) is 11.8 Å². The highest BCUT2D eigenvalue weighted by Gasteiger charge is 2.10. The van der Waals surface area contributed by atoms with Gasteiger partial charge in [0.15, 0.2) is 0 Å². The average molecular weight is 285 g/mol. The Labute approximate surface area is 126 Å². The number of hydrogen-bond donors (Lipinski definition) is 1. The van der Waals surface area contributed by atoms with E-state index in [1.54, 1.807) is 0 Å². The Hall–Kier alpha value is -1.25. The van der Waals surface area contributed by atoms with Gasteiger partial charge < -0.3 is 5.32 Å². The van der Waals surface area contributed by atoms with Crippen molar-refractivity contribution in [2.24, 2.45) is 0 Å². The third-order valence-corrected chi connectivity index (χ3v) is 5.01. The van der Waals surface area contributed by atoms with Crippen LogP contribution >= 0.6 is 11.8 Å². The van der Waals surface area contributed by atoms with Gasteiger partial charge in [0.05, 0.1) is 0 Å². The van der Waals surface area contributed by atoms with Crippen molar-refractivity contribution in [3.63, 3.8) is 0 Å². The number of aryl methyl sites for hydroxylation is 2. The van der Waals surface area contributed by atoms with E-state index in [4.69, 9.17) is 0 Å². The highest BCUT2D eigenvalue weighted by atomic mass is 32.2. The third kappa shape index (κ3) is 4.12. The highest BCUT2D eigenvalue weighted by molar-refractivity contribution is 7.99. The molecule has 2 aromatic carbocycles. The predicted octanol–water partition coefficient (Wildman–Crippen LogP) is 4.23. The van der Waals surface area contributed by atoms with Gasteiger partial charge in [-0.3, -0.25) is 0 Å². The fourth-order valence-electron chi connectivity index (χ4n) is 2.26. The summed E-state index contributed by atoms with van der Waals surface area (Å²) >= 11 is 1.94. The molecule has 106 valence electrons. The van der Waals surface area contributed by atoms with Crippen molar-refractivity contribution >= 4 is 11.8 Å². The lowest BCUT2D eigenvalue weighted by molar-refractivity contribution is 0.615. The molecule has 2 aromatic rings. The molecule has 0 fully saturated rings. The summed E-state index contributed by atoms with van der Waals surface area (Å²) < 4.78 is 0. The minimum atomic E-state index is 0.501. The summed E-state index contributed by atoms with van der Waals surface area (Å²) in [4.78, 5) is 1.39. The normalized spacial score (nSPS) is 12.3. The maximum Gasteiger partial charge on any atom is 0.0199 e. The Bertz CT molecular complexity index is 551. The first-order valence-corrected chi connectivity index (χ1v) is 8.09. The largest absolute Gasteiger partial charge is 0.316 e. The SMILES string of the molecule is CNC(CSc1ccccc1C)Cc1ccccc1C. The van der Waals surface area contributed by atoms with Crippen molar-refractivity contribution in [1.29, 1.82) is 0 Å². The lowest BCUT2D eigenvalue weighted by atomic mass is 10.0. The molecule has 0 saturated heterocycles. The molecule has 1 atom stereocenters. The molecule has 0 spiro atoms. The molecule has 1 N–H and O–H groups in total. The molecule has 0 aliphatic carbocycles. The second-order valence-electron chi connectivity index (χ2n) is 5.19. The summed E-state index contributed by atoms with van der Waals surface area (Å²) in [6.45, 7) is 4.37. The first-order valence-electron chi connectivity index (χ1n) is 7.11. The fraction of sp³-hybridized carbons (Fsp3) is 0.333. The summed E-state index contributed by atoms with van der Waals surface area (Å²) in [6, 6.07) is 17.8. The quantitative estimate of drug-likeness (QED) is 0.797. The summed E-state index contributed by atoms with van der Waals surface area (Å²) in [5.74, 6) is 1.09. The molecule has 2 rings (SSSR count).